The van der Waals surface area contributed by atoms with Crippen LogP contribution in [0.4, 0.5) is 0 Å². The number of benzene rings is 5. The van der Waals surface area contributed by atoms with Crippen molar-refractivity contribution < 1.29 is 9.47 Å². The fourth-order valence-corrected chi connectivity index (χ4v) is 5.18. The largest absolute Gasteiger partial charge is 0.485 e. The Morgan fingerprint density at radius 2 is 0.925 bits per heavy atom. The van der Waals surface area contributed by atoms with E-state index in [1.807, 2.05) is 48.8 Å². The summed E-state index contributed by atoms with van der Waals surface area (Å²) in [5.41, 5.74) is 4.78. The van der Waals surface area contributed by atoms with Crippen molar-refractivity contribution >= 4 is 0 Å². The average Bonchev–Trinajstić information content (AvgIpc) is 3.51. The molecule has 0 radical (unpaired) electrons. The van der Waals surface area contributed by atoms with Crippen molar-refractivity contribution in [3.63, 3.8) is 0 Å². The van der Waals surface area contributed by atoms with Crippen LogP contribution in [-0.4, -0.2) is 9.55 Å². The molecule has 196 valence electrons. The maximum atomic E-state index is 6.25. The Balaban J connectivity index is 1.33. The van der Waals surface area contributed by atoms with Crippen molar-refractivity contribution in [1.29, 1.82) is 0 Å². The van der Waals surface area contributed by atoms with Gasteiger partial charge in [0.1, 0.15) is 18.8 Å². The van der Waals surface area contributed by atoms with Crippen LogP contribution in [0.1, 0.15) is 27.9 Å². The molecule has 4 nitrogen and oxygen atoms in total. The highest BCUT2D eigenvalue weighted by atomic mass is 16.5. The van der Waals surface area contributed by atoms with Gasteiger partial charge >= 0.3 is 0 Å². The zero-order chi connectivity index (χ0) is 27.0. The standard InChI is InChI=1S/C36H30N2O2/c1-5-15-29(16-6-1)26-39-34-23-13-14-24-35(34)40-27-33-25-38(28-37-33)36(30-17-7-2-8-18-30,31-19-9-3-10-20-31)32-21-11-4-12-22-32/h1-25,28H,26-27H2. The summed E-state index contributed by atoms with van der Waals surface area (Å²) in [6, 6.07) is 49.6. The third kappa shape index (κ3) is 5.12. The van der Waals surface area contributed by atoms with Crippen LogP contribution in [0.25, 0.3) is 0 Å². The predicted molar refractivity (Wildman–Crippen MR) is 158 cm³/mol. The first-order chi connectivity index (χ1) is 19.8. The van der Waals surface area contributed by atoms with E-state index in [9.17, 15) is 0 Å². The van der Waals surface area contributed by atoms with Gasteiger partial charge in [-0.2, -0.15) is 0 Å². The summed E-state index contributed by atoms with van der Waals surface area (Å²) in [4.78, 5) is 4.79. The number of para-hydroxylation sites is 2. The fourth-order valence-electron chi connectivity index (χ4n) is 5.18. The van der Waals surface area contributed by atoms with Gasteiger partial charge in [0.05, 0.1) is 12.0 Å². The first-order valence-electron chi connectivity index (χ1n) is 13.4. The first-order valence-corrected chi connectivity index (χ1v) is 13.4. The molecule has 5 aromatic carbocycles. The summed E-state index contributed by atoms with van der Waals surface area (Å²) < 4.78 is 14.5. The van der Waals surface area contributed by atoms with E-state index in [4.69, 9.17) is 14.5 Å². The van der Waals surface area contributed by atoms with Crippen molar-refractivity contribution in [1.82, 2.24) is 9.55 Å². The summed E-state index contributed by atoms with van der Waals surface area (Å²) in [6.07, 6.45) is 3.99. The number of imidazole rings is 1. The summed E-state index contributed by atoms with van der Waals surface area (Å²) in [5.74, 6) is 1.39. The Morgan fingerprint density at radius 3 is 1.43 bits per heavy atom. The molecule has 0 fully saturated rings. The highest BCUT2D eigenvalue weighted by Crippen LogP contribution is 2.41. The molecule has 0 saturated carbocycles. The van der Waals surface area contributed by atoms with Crippen LogP contribution in [0.3, 0.4) is 0 Å². The third-order valence-corrected chi connectivity index (χ3v) is 7.06. The van der Waals surface area contributed by atoms with Crippen LogP contribution in [0.5, 0.6) is 11.5 Å². The number of nitrogens with zero attached hydrogens (tertiary/aromatic N) is 2. The van der Waals surface area contributed by atoms with Crippen molar-refractivity contribution in [2.75, 3.05) is 0 Å². The normalized spacial score (nSPS) is 11.2. The molecule has 0 bridgehead atoms. The quantitative estimate of drug-likeness (QED) is 0.172. The molecule has 40 heavy (non-hydrogen) atoms. The van der Waals surface area contributed by atoms with Gasteiger partial charge in [-0.3, -0.25) is 0 Å². The summed E-state index contributed by atoms with van der Waals surface area (Å²) >= 11 is 0. The lowest BCUT2D eigenvalue weighted by Crippen LogP contribution is -2.36. The Bertz CT molecular complexity index is 1540. The van der Waals surface area contributed by atoms with Gasteiger partial charge in [0.25, 0.3) is 0 Å². The molecular weight excluding hydrogens is 492 g/mol. The van der Waals surface area contributed by atoms with Crippen molar-refractivity contribution in [2.45, 2.75) is 18.8 Å². The van der Waals surface area contributed by atoms with Gasteiger partial charge in [0, 0.05) is 6.20 Å². The van der Waals surface area contributed by atoms with Crippen LogP contribution >= 0.6 is 0 Å². The topological polar surface area (TPSA) is 36.3 Å². The van der Waals surface area contributed by atoms with Crippen molar-refractivity contribution in [3.8, 4) is 11.5 Å². The van der Waals surface area contributed by atoms with Gasteiger partial charge in [-0.05, 0) is 34.4 Å². The third-order valence-electron chi connectivity index (χ3n) is 7.06. The zero-order valence-corrected chi connectivity index (χ0v) is 22.1. The maximum Gasteiger partial charge on any atom is 0.161 e. The van der Waals surface area contributed by atoms with Gasteiger partial charge in [-0.15, -0.1) is 0 Å². The van der Waals surface area contributed by atoms with Crippen LogP contribution in [0.15, 0.2) is 158 Å². The number of rotatable bonds is 10. The molecule has 0 N–H and O–H groups in total. The smallest absolute Gasteiger partial charge is 0.161 e. The summed E-state index contributed by atoms with van der Waals surface area (Å²) in [6.45, 7) is 0.788. The van der Waals surface area contributed by atoms with Crippen LogP contribution in [0, 0.1) is 0 Å². The van der Waals surface area contributed by atoms with Crippen molar-refractivity contribution in [2.24, 2.45) is 0 Å². The van der Waals surface area contributed by atoms with E-state index in [-0.39, 0.29) is 0 Å². The molecule has 0 atom stereocenters. The molecule has 0 aliphatic heterocycles. The predicted octanol–water partition coefficient (Wildman–Crippen LogP) is 7.88. The van der Waals surface area contributed by atoms with Crippen molar-refractivity contribution in [3.05, 3.63) is 186 Å². The number of ether oxygens (including phenoxy) is 2. The lowest BCUT2D eigenvalue weighted by atomic mass is 9.77. The Labute approximate surface area is 235 Å². The zero-order valence-electron chi connectivity index (χ0n) is 22.1. The second-order valence-electron chi connectivity index (χ2n) is 9.59. The second-order valence-corrected chi connectivity index (χ2v) is 9.59. The molecule has 6 aromatic rings. The molecule has 0 spiro atoms. The SMILES string of the molecule is c1ccc(COc2ccccc2OCc2cn(C(c3ccccc3)(c3ccccc3)c3ccccc3)cn2)cc1. The average molecular weight is 523 g/mol. The lowest BCUT2D eigenvalue weighted by Gasteiger charge is -2.37. The minimum absolute atomic E-state index is 0.313. The molecule has 0 aliphatic rings. The van der Waals surface area contributed by atoms with E-state index in [0.29, 0.717) is 24.7 Å². The minimum atomic E-state index is -0.605. The van der Waals surface area contributed by atoms with E-state index in [0.717, 1.165) is 27.9 Å². The van der Waals surface area contributed by atoms with Crippen LogP contribution < -0.4 is 9.47 Å². The molecule has 1 heterocycles. The van der Waals surface area contributed by atoms with Gasteiger partial charge < -0.3 is 14.0 Å². The highest BCUT2D eigenvalue weighted by molar-refractivity contribution is 5.50. The highest BCUT2D eigenvalue weighted by Gasteiger charge is 2.38. The molecule has 0 unspecified atom stereocenters. The van der Waals surface area contributed by atoms with Gasteiger partial charge in [0.15, 0.2) is 11.5 Å². The molecule has 4 heteroatoms. The second kappa shape index (κ2) is 11.7. The number of hydrogen-bond acceptors (Lipinski definition) is 3. The lowest BCUT2D eigenvalue weighted by molar-refractivity contribution is 0.254. The monoisotopic (exact) mass is 522 g/mol. The molecule has 1 aromatic heterocycles. The summed E-state index contributed by atoms with van der Waals surface area (Å²) in [5, 5.41) is 0. The summed E-state index contributed by atoms with van der Waals surface area (Å²) in [7, 11) is 0. The van der Waals surface area contributed by atoms with Crippen LogP contribution in [0.2, 0.25) is 0 Å². The van der Waals surface area contributed by atoms with E-state index in [1.54, 1.807) is 0 Å². The molecule has 0 saturated heterocycles. The maximum absolute atomic E-state index is 6.25. The van der Waals surface area contributed by atoms with Gasteiger partial charge in [-0.25, -0.2) is 4.98 Å². The Kier molecular flexibility index (Phi) is 7.40. The van der Waals surface area contributed by atoms with E-state index in [1.165, 1.54) is 0 Å². The Morgan fingerprint density at radius 1 is 0.500 bits per heavy atom. The molecule has 0 aliphatic carbocycles. The van der Waals surface area contributed by atoms with E-state index >= 15 is 0 Å². The van der Waals surface area contributed by atoms with E-state index in [2.05, 4.69) is 114 Å². The molecular formula is C36H30N2O2. The number of aromatic nitrogens is 2. The fraction of sp³-hybridized carbons (Fsp3) is 0.0833. The molecule has 6 rings (SSSR count). The van der Waals surface area contributed by atoms with E-state index < -0.39 is 5.54 Å². The minimum Gasteiger partial charge on any atom is -0.485 e. The first kappa shape index (κ1) is 25.2. The van der Waals surface area contributed by atoms with Crippen LogP contribution in [-0.2, 0) is 18.8 Å². The van der Waals surface area contributed by atoms with Gasteiger partial charge in [-0.1, -0.05) is 133 Å². The number of hydrogen-bond donors (Lipinski definition) is 0. The molecule has 0 amide bonds. The van der Waals surface area contributed by atoms with Gasteiger partial charge in [0.2, 0.25) is 0 Å². The Hall–Kier alpha value is -5.09.